The van der Waals surface area contributed by atoms with Crippen molar-refractivity contribution in [3.63, 3.8) is 0 Å². The third-order valence-corrected chi connectivity index (χ3v) is 4.11. The van der Waals surface area contributed by atoms with E-state index in [-0.39, 0.29) is 11.9 Å². The van der Waals surface area contributed by atoms with Gasteiger partial charge in [-0.1, -0.05) is 6.92 Å². The Hall–Kier alpha value is -1.75. The third kappa shape index (κ3) is 3.47. The molecule has 1 unspecified atom stereocenters. The van der Waals surface area contributed by atoms with Gasteiger partial charge in [-0.15, -0.1) is 0 Å². The lowest BCUT2D eigenvalue weighted by Gasteiger charge is -2.30. The van der Waals surface area contributed by atoms with Crippen molar-refractivity contribution in [1.29, 1.82) is 0 Å². The molecule has 1 aliphatic heterocycles. The van der Waals surface area contributed by atoms with Crippen molar-refractivity contribution >= 4 is 11.6 Å². The molecule has 5 heteroatoms. The van der Waals surface area contributed by atoms with Crippen LogP contribution in [-0.2, 0) is 0 Å². The van der Waals surface area contributed by atoms with E-state index in [0.29, 0.717) is 17.0 Å². The first kappa shape index (κ1) is 15.6. The number of nitrogen functional groups attached to an aromatic ring is 1. The van der Waals surface area contributed by atoms with Crippen LogP contribution in [0.25, 0.3) is 0 Å². The number of hydrogen-bond acceptors (Lipinski definition) is 4. The smallest absolute Gasteiger partial charge is 0.254 e. The third-order valence-electron chi connectivity index (χ3n) is 4.11. The summed E-state index contributed by atoms with van der Waals surface area (Å²) in [5.74, 6) is 0.667. The highest BCUT2D eigenvalue weighted by Crippen LogP contribution is 2.24. The first-order valence-corrected chi connectivity index (χ1v) is 7.49. The Bertz CT molecular complexity index is 504. The van der Waals surface area contributed by atoms with E-state index in [1.807, 2.05) is 4.90 Å². The Morgan fingerprint density at radius 1 is 1.43 bits per heavy atom. The zero-order chi connectivity index (χ0) is 15.4. The zero-order valence-electron chi connectivity index (χ0n) is 13.1. The molecule has 0 radical (unpaired) electrons. The minimum absolute atomic E-state index is 0.0616. The van der Waals surface area contributed by atoms with Crippen LogP contribution in [0.5, 0.6) is 5.75 Å². The van der Waals surface area contributed by atoms with Crippen LogP contribution >= 0.6 is 0 Å². The summed E-state index contributed by atoms with van der Waals surface area (Å²) >= 11 is 0. The lowest BCUT2D eigenvalue weighted by atomic mass is 10.1. The second-order valence-electron chi connectivity index (χ2n) is 5.63. The molecule has 1 fully saturated rings. The molecule has 1 aromatic rings. The summed E-state index contributed by atoms with van der Waals surface area (Å²) in [6.07, 6.45) is 1.96. The SMILES string of the molecule is CCC1CN(C)CCCN1C(=O)c1ccc(OC)c(N)c1. The molecule has 1 saturated heterocycles. The number of anilines is 1. The molecule has 21 heavy (non-hydrogen) atoms. The Morgan fingerprint density at radius 2 is 2.19 bits per heavy atom. The van der Waals surface area contributed by atoms with Crippen LogP contribution in [0.4, 0.5) is 5.69 Å². The number of nitrogens with two attached hydrogens (primary N) is 1. The molecule has 0 spiro atoms. The Kier molecular flexibility index (Phi) is 5.07. The van der Waals surface area contributed by atoms with Crippen molar-refractivity contribution in [3.8, 4) is 5.75 Å². The van der Waals surface area contributed by atoms with Gasteiger partial charge in [0.25, 0.3) is 5.91 Å². The molecule has 0 aliphatic carbocycles. The second-order valence-corrected chi connectivity index (χ2v) is 5.63. The Morgan fingerprint density at radius 3 is 2.81 bits per heavy atom. The normalized spacial score (nSPS) is 20.1. The van der Waals surface area contributed by atoms with E-state index in [2.05, 4.69) is 18.9 Å². The maximum atomic E-state index is 12.8. The molecule has 2 N–H and O–H groups in total. The topological polar surface area (TPSA) is 58.8 Å². The van der Waals surface area contributed by atoms with E-state index in [4.69, 9.17) is 10.5 Å². The van der Waals surface area contributed by atoms with Gasteiger partial charge >= 0.3 is 0 Å². The Balaban J connectivity index is 2.22. The van der Waals surface area contributed by atoms with E-state index >= 15 is 0 Å². The number of carbonyl (C=O) groups is 1. The van der Waals surface area contributed by atoms with Crippen molar-refractivity contribution in [3.05, 3.63) is 23.8 Å². The van der Waals surface area contributed by atoms with Gasteiger partial charge < -0.3 is 20.3 Å². The van der Waals surface area contributed by atoms with Crippen LogP contribution in [0.3, 0.4) is 0 Å². The van der Waals surface area contributed by atoms with Gasteiger partial charge in [0.1, 0.15) is 5.75 Å². The summed E-state index contributed by atoms with van der Waals surface area (Å²) in [4.78, 5) is 17.1. The van der Waals surface area contributed by atoms with Crippen molar-refractivity contribution in [2.45, 2.75) is 25.8 Å². The molecule has 116 valence electrons. The number of amides is 1. The highest BCUT2D eigenvalue weighted by atomic mass is 16.5. The molecule has 0 bridgehead atoms. The molecule has 0 aromatic heterocycles. The van der Waals surface area contributed by atoms with Crippen LogP contribution < -0.4 is 10.5 Å². The quantitative estimate of drug-likeness (QED) is 0.863. The van der Waals surface area contributed by atoms with E-state index in [1.165, 1.54) is 0 Å². The fraction of sp³-hybridized carbons (Fsp3) is 0.562. The molecule has 2 rings (SSSR count). The molecule has 1 atom stereocenters. The average Bonchev–Trinajstić information content (AvgIpc) is 2.67. The number of benzene rings is 1. The molecule has 1 aliphatic rings. The number of rotatable bonds is 3. The predicted molar refractivity (Wildman–Crippen MR) is 84.6 cm³/mol. The van der Waals surface area contributed by atoms with Gasteiger partial charge in [0.2, 0.25) is 0 Å². The maximum Gasteiger partial charge on any atom is 0.254 e. The van der Waals surface area contributed by atoms with E-state index < -0.39 is 0 Å². The van der Waals surface area contributed by atoms with E-state index in [1.54, 1.807) is 25.3 Å². The van der Waals surface area contributed by atoms with Gasteiger partial charge in [-0.25, -0.2) is 0 Å². The highest BCUT2D eigenvalue weighted by Gasteiger charge is 2.27. The van der Waals surface area contributed by atoms with Gasteiger partial charge in [-0.05, 0) is 44.6 Å². The largest absolute Gasteiger partial charge is 0.495 e. The summed E-state index contributed by atoms with van der Waals surface area (Å²) < 4.78 is 5.14. The fourth-order valence-electron chi connectivity index (χ4n) is 2.89. The summed E-state index contributed by atoms with van der Waals surface area (Å²) in [7, 11) is 3.69. The maximum absolute atomic E-state index is 12.8. The fourth-order valence-corrected chi connectivity index (χ4v) is 2.89. The predicted octanol–water partition coefficient (Wildman–Crippen LogP) is 1.83. The van der Waals surface area contributed by atoms with Crippen molar-refractivity contribution in [1.82, 2.24) is 9.80 Å². The Labute approximate surface area is 126 Å². The molecule has 1 aromatic carbocycles. The standard InChI is InChI=1S/C16H25N3O2/c1-4-13-11-18(2)8-5-9-19(13)16(20)12-6-7-15(21-3)14(17)10-12/h6-7,10,13H,4-5,8-9,11,17H2,1-3H3. The second kappa shape index (κ2) is 6.80. The van der Waals surface area contributed by atoms with Crippen LogP contribution in [0.2, 0.25) is 0 Å². The molecule has 1 heterocycles. The lowest BCUT2D eigenvalue weighted by Crippen LogP contribution is -2.43. The summed E-state index contributed by atoms with van der Waals surface area (Å²) in [5, 5.41) is 0. The van der Waals surface area contributed by atoms with Crippen LogP contribution in [0.15, 0.2) is 18.2 Å². The summed E-state index contributed by atoms with van der Waals surface area (Å²) in [5.41, 5.74) is 7.05. The van der Waals surface area contributed by atoms with E-state index in [0.717, 1.165) is 32.5 Å². The number of hydrogen-bond donors (Lipinski definition) is 1. The monoisotopic (exact) mass is 291 g/mol. The number of methoxy groups -OCH3 is 1. The minimum atomic E-state index is 0.0616. The molecular weight excluding hydrogens is 266 g/mol. The first-order chi connectivity index (χ1) is 10.1. The molecular formula is C16H25N3O2. The number of likely N-dealkylation sites (N-methyl/N-ethyl adjacent to an activating group) is 1. The van der Waals surface area contributed by atoms with Gasteiger partial charge in [-0.2, -0.15) is 0 Å². The van der Waals surface area contributed by atoms with E-state index in [9.17, 15) is 4.79 Å². The number of carbonyl (C=O) groups excluding carboxylic acids is 1. The summed E-state index contributed by atoms with van der Waals surface area (Å²) in [6, 6.07) is 5.52. The van der Waals surface area contributed by atoms with Crippen LogP contribution in [0.1, 0.15) is 30.1 Å². The first-order valence-electron chi connectivity index (χ1n) is 7.49. The van der Waals surface area contributed by atoms with Crippen LogP contribution in [-0.4, -0.2) is 55.5 Å². The summed E-state index contributed by atoms with van der Waals surface area (Å²) in [6.45, 7) is 4.89. The number of ether oxygens (including phenoxy) is 1. The van der Waals surface area contributed by atoms with Gasteiger partial charge in [0.15, 0.2) is 0 Å². The zero-order valence-corrected chi connectivity index (χ0v) is 13.1. The number of nitrogens with zero attached hydrogens (tertiary/aromatic N) is 2. The van der Waals surface area contributed by atoms with Crippen molar-refractivity contribution < 1.29 is 9.53 Å². The van der Waals surface area contributed by atoms with Gasteiger partial charge in [-0.3, -0.25) is 4.79 Å². The van der Waals surface area contributed by atoms with Gasteiger partial charge in [0, 0.05) is 24.7 Å². The van der Waals surface area contributed by atoms with Crippen LogP contribution in [0, 0.1) is 0 Å². The van der Waals surface area contributed by atoms with Crippen molar-refractivity contribution in [2.75, 3.05) is 39.5 Å². The molecule has 5 nitrogen and oxygen atoms in total. The highest BCUT2D eigenvalue weighted by molar-refractivity contribution is 5.95. The average molecular weight is 291 g/mol. The molecule has 0 saturated carbocycles. The minimum Gasteiger partial charge on any atom is -0.495 e. The van der Waals surface area contributed by atoms with Gasteiger partial charge in [0.05, 0.1) is 12.8 Å². The molecule has 1 amide bonds. The van der Waals surface area contributed by atoms with Crippen molar-refractivity contribution in [2.24, 2.45) is 0 Å². The lowest BCUT2D eigenvalue weighted by molar-refractivity contribution is 0.0676.